The van der Waals surface area contributed by atoms with Crippen LogP contribution in [0.4, 0.5) is 5.82 Å². The second kappa shape index (κ2) is 9.50. The largest absolute Gasteiger partial charge is 0.383 e. The van der Waals surface area contributed by atoms with E-state index in [2.05, 4.69) is 27.5 Å². The Morgan fingerprint density at radius 2 is 1.68 bits per heavy atom. The van der Waals surface area contributed by atoms with Crippen molar-refractivity contribution in [3.8, 4) is 0 Å². The zero-order valence-electron chi connectivity index (χ0n) is 18.4. The van der Waals surface area contributed by atoms with Crippen molar-refractivity contribution in [2.45, 2.75) is 12.8 Å². The molecule has 3 aromatic heterocycles. The third-order valence-corrected chi connectivity index (χ3v) is 5.50. The molecule has 5 aromatic rings. The van der Waals surface area contributed by atoms with E-state index in [1.54, 1.807) is 18.6 Å². The minimum Gasteiger partial charge on any atom is -0.383 e. The van der Waals surface area contributed by atoms with Crippen LogP contribution in [-0.2, 0) is 6.42 Å². The van der Waals surface area contributed by atoms with Crippen LogP contribution >= 0.6 is 0 Å². The summed E-state index contributed by atoms with van der Waals surface area (Å²) in [5, 5.41) is 7.48. The van der Waals surface area contributed by atoms with Crippen LogP contribution in [0.15, 0.2) is 84.2 Å². The molecule has 0 fully saturated rings. The average molecular weight is 450 g/mol. The molecular formula is C26H23N7O. The number of hydrogen-bond acceptors (Lipinski definition) is 6. The fourth-order valence-electron chi connectivity index (χ4n) is 3.79. The molecule has 1 amide bonds. The lowest BCUT2D eigenvalue weighted by atomic mass is 10.1. The summed E-state index contributed by atoms with van der Waals surface area (Å²) in [5.74, 6) is -0.103. The van der Waals surface area contributed by atoms with E-state index in [-0.39, 0.29) is 17.3 Å². The Morgan fingerprint density at radius 3 is 2.44 bits per heavy atom. The van der Waals surface area contributed by atoms with E-state index in [0.29, 0.717) is 28.7 Å². The molecule has 168 valence electrons. The second-order valence-corrected chi connectivity index (χ2v) is 7.83. The quantitative estimate of drug-likeness (QED) is 0.290. The number of para-hydroxylation sites is 2. The smallest absolute Gasteiger partial charge is 0.257 e. The van der Waals surface area contributed by atoms with E-state index in [4.69, 9.17) is 15.7 Å². The summed E-state index contributed by atoms with van der Waals surface area (Å²) in [7, 11) is 0. The molecule has 0 aliphatic heterocycles. The van der Waals surface area contributed by atoms with Crippen molar-refractivity contribution in [3.05, 3.63) is 95.8 Å². The number of pyridine rings is 1. The van der Waals surface area contributed by atoms with E-state index in [1.165, 1.54) is 10.2 Å². The molecule has 2 aromatic carbocycles. The maximum atomic E-state index is 13.2. The maximum absolute atomic E-state index is 13.2. The van der Waals surface area contributed by atoms with Gasteiger partial charge < -0.3 is 11.1 Å². The van der Waals surface area contributed by atoms with Gasteiger partial charge in [-0.25, -0.2) is 9.97 Å². The Bertz CT molecular complexity index is 1480. The Hall–Kier alpha value is -4.59. The number of nitrogens with zero attached hydrogens (tertiary/aromatic N) is 5. The second-order valence-electron chi connectivity index (χ2n) is 7.83. The first kappa shape index (κ1) is 21.3. The van der Waals surface area contributed by atoms with Gasteiger partial charge in [0.15, 0.2) is 5.65 Å². The molecule has 8 heteroatoms. The van der Waals surface area contributed by atoms with Crippen LogP contribution in [0.3, 0.4) is 0 Å². The Morgan fingerprint density at radius 1 is 0.971 bits per heavy atom. The monoisotopic (exact) mass is 449 g/mol. The van der Waals surface area contributed by atoms with Crippen LogP contribution in [-0.4, -0.2) is 38.3 Å². The highest BCUT2D eigenvalue weighted by Crippen LogP contribution is 2.27. The number of rotatable bonds is 7. The molecule has 0 radical (unpaired) electrons. The molecule has 5 rings (SSSR count). The Balaban J connectivity index is 1.47. The highest BCUT2D eigenvalue weighted by atomic mass is 16.1. The van der Waals surface area contributed by atoms with Crippen molar-refractivity contribution in [1.29, 1.82) is 0 Å². The van der Waals surface area contributed by atoms with Crippen molar-refractivity contribution < 1.29 is 4.79 Å². The first-order valence-electron chi connectivity index (χ1n) is 11.0. The summed E-state index contributed by atoms with van der Waals surface area (Å²) in [4.78, 5) is 26.6. The number of nitrogens with two attached hydrogens (primary N) is 1. The van der Waals surface area contributed by atoms with Crippen LogP contribution in [0.5, 0.6) is 0 Å². The molecular weight excluding hydrogens is 426 g/mol. The summed E-state index contributed by atoms with van der Waals surface area (Å²) < 4.78 is 1.47. The van der Waals surface area contributed by atoms with Crippen LogP contribution < -0.4 is 11.1 Å². The van der Waals surface area contributed by atoms with E-state index in [1.807, 2.05) is 54.6 Å². The van der Waals surface area contributed by atoms with E-state index in [9.17, 15) is 4.79 Å². The van der Waals surface area contributed by atoms with Gasteiger partial charge in [0, 0.05) is 18.9 Å². The normalized spacial score (nSPS) is 11.4. The maximum Gasteiger partial charge on any atom is 0.257 e. The highest BCUT2D eigenvalue weighted by molar-refractivity contribution is 6.10. The fraction of sp³-hybridized carbons (Fsp3) is 0.115. The number of aryl methyl sites for hydroxylation is 1. The van der Waals surface area contributed by atoms with E-state index >= 15 is 0 Å². The molecule has 0 bridgehead atoms. The Labute approximate surface area is 196 Å². The highest BCUT2D eigenvalue weighted by Gasteiger charge is 2.23. The summed E-state index contributed by atoms with van der Waals surface area (Å²) in [6.07, 6.45) is 6.69. The molecule has 0 saturated heterocycles. The Kier molecular flexibility index (Phi) is 5.94. The average Bonchev–Trinajstić information content (AvgIpc) is 3.15. The standard InChI is InChI=1S/C26H23N7O/c27-24-22(26(34)29-14-6-9-18-7-2-1-3-8-18)23-25(32-21-11-5-4-10-20(21)31-23)33(24)30-17-19-12-15-28-16-13-19/h1-5,7-8,10-13,15-17H,6,9,14,27H2,(H,29,34)/b30-17-. The summed E-state index contributed by atoms with van der Waals surface area (Å²) in [5.41, 5.74) is 11.0. The number of carbonyl (C=O) groups is 1. The van der Waals surface area contributed by atoms with Gasteiger partial charge in [-0.15, -0.1) is 0 Å². The molecule has 34 heavy (non-hydrogen) atoms. The van der Waals surface area contributed by atoms with Crippen LogP contribution in [0.2, 0.25) is 0 Å². The fourth-order valence-corrected chi connectivity index (χ4v) is 3.79. The predicted molar refractivity (Wildman–Crippen MR) is 134 cm³/mol. The molecule has 0 aliphatic rings. The number of nitrogen functional groups attached to an aromatic ring is 1. The van der Waals surface area contributed by atoms with Gasteiger partial charge in [-0.2, -0.15) is 9.78 Å². The van der Waals surface area contributed by atoms with Gasteiger partial charge in [-0.05, 0) is 48.2 Å². The zero-order chi connectivity index (χ0) is 23.3. The lowest BCUT2D eigenvalue weighted by Crippen LogP contribution is -2.25. The number of nitrogens with one attached hydrogen (secondary N) is 1. The van der Waals surface area contributed by atoms with Gasteiger partial charge in [0.1, 0.15) is 16.9 Å². The van der Waals surface area contributed by atoms with Crippen LogP contribution in [0.1, 0.15) is 27.9 Å². The van der Waals surface area contributed by atoms with Gasteiger partial charge >= 0.3 is 0 Å². The third kappa shape index (κ3) is 4.33. The minimum atomic E-state index is -0.294. The van der Waals surface area contributed by atoms with Crippen molar-refractivity contribution in [3.63, 3.8) is 0 Å². The number of benzene rings is 2. The van der Waals surface area contributed by atoms with Gasteiger partial charge in [-0.1, -0.05) is 42.5 Å². The number of anilines is 1. The van der Waals surface area contributed by atoms with Crippen molar-refractivity contribution in [2.75, 3.05) is 12.3 Å². The first-order valence-corrected chi connectivity index (χ1v) is 11.0. The molecule has 0 atom stereocenters. The summed E-state index contributed by atoms with van der Waals surface area (Å²) >= 11 is 0. The number of amides is 1. The van der Waals surface area contributed by atoms with Gasteiger partial charge in [0.05, 0.1) is 17.2 Å². The van der Waals surface area contributed by atoms with Crippen molar-refractivity contribution in [1.82, 2.24) is 24.9 Å². The molecule has 0 unspecified atom stereocenters. The third-order valence-electron chi connectivity index (χ3n) is 5.50. The van der Waals surface area contributed by atoms with Gasteiger partial charge in [-0.3, -0.25) is 9.78 Å². The predicted octanol–water partition coefficient (Wildman–Crippen LogP) is 3.81. The van der Waals surface area contributed by atoms with E-state index < -0.39 is 0 Å². The molecule has 0 spiro atoms. The lowest BCUT2D eigenvalue weighted by molar-refractivity contribution is 0.0955. The first-order chi connectivity index (χ1) is 16.7. The molecule has 0 saturated carbocycles. The number of aromatic nitrogens is 4. The van der Waals surface area contributed by atoms with Crippen molar-refractivity contribution >= 4 is 40.1 Å². The van der Waals surface area contributed by atoms with Gasteiger partial charge in [0.2, 0.25) is 0 Å². The summed E-state index contributed by atoms with van der Waals surface area (Å²) in [6.45, 7) is 0.515. The molecule has 8 nitrogen and oxygen atoms in total. The van der Waals surface area contributed by atoms with Crippen LogP contribution in [0, 0.1) is 0 Å². The van der Waals surface area contributed by atoms with Crippen LogP contribution in [0.25, 0.3) is 22.2 Å². The zero-order valence-corrected chi connectivity index (χ0v) is 18.4. The molecule has 3 N–H and O–H groups in total. The SMILES string of the molecule is Nc1c(C(=O)NCCCc2ccccc2)c2nc3ccccc3nc2n1/N=C\c1ccncc1. The number of hydrogen-bond donors (Lipinski definition) is 2. The lowest BCUT2D eigenvalue weighted by Gasteiger charge is -2.06. The van der Waals surface area contributed by atoms with E-state index in [0.717, 1.165) is 18.4 Å². The topological polar surface area (TPSA) is 111 Å². The molecule has 3 heterocycles. The van der Waals surface area contributed by atoms with Gasteiger partial charge in [0.25, 0.3) is 5.91 Å². The number of carbonyl (C=O) groups excluding carboxylic acids is 1. The molecule has 0 aliphatic carbocycles. The summed E-state index contributed by atoms with van der Waals surface area (Å²) in [6, 6.07) is 21.3. The number of fused-ring (bicyclic) bond motifs is 2. The van der Waals surface area contributed by atoms with Crippen molar-refractivity contribution in [2.24, 2.45) is 5.10 Å². The minimum absolute atomic E-state index is 0.191.